The summed E-state index contributed by atoms with van der Waals surface area (Å²) in [6, 6.07) is 0. The van der Waals surface area contributed by atoms with E-state index < -0.39 is 15.6 Å². The first-order valence-corrected chi connectivity index (χ1v) is 8.14. The van der Waals surface area contributed by atoms with E-state index in [0.717, 1.165) is 12.8 Å². The second-order valence-electron chi connectivity index (χ2n) is 5.42. The number of rotatable bonds is 7. The van der Waals surface area contributed by atoms with E-state index >= 15 is 0 Å². The number of nitrogens with zero attached hydrogens (tertiary/aromatic N) is 1. The van der Waals surface area contributed by atoms with Gasteiger partial charge in [0.25, 0.3) is 0 Å². The number of aliphatic hydroxyl groups is 1. The van der Waals surface area contributed by atoms with Gasteiger partial charge in [0.2, 0.25) is 10.0 Å². The molecule has 0 aromatic carbocycles. The van der Waals surface area contributed by atoms with E-state index in [-0.39, 0.29) is 25.0 Å². The molecule has 108 valence electrons. The maximum atomic E-state index is 12.0. The van der Waals surface area contributed by atoms with Gasteiger partial charge in [-0.1, -0.05) is 12.8 Å². The molecule has 1 N–H and O–H groups in total. The molecule has 0 radical (unpaired) electrons. The number of hydrogen-bond donors (Lipinski definition) is 1. The van der Waals surface area contributed by atoms with Crippen LogP contribution >= 0.6 is 0 Å². The fourth-order valence-corrected chi connectivity index (χ4v) is 3.30. The molecule has 0 aromatic rings. The topological polar surface area (TPSA) is 66.8 Å². The molecule has 1 rings (SSSR count). The maximum absolute atomic E-state index is 12.0. The third-order valence-corrected chi connectivity index (χ3v) is 5.08. The molecule has 6 heteroatoms. The minimum absolute atomic E-state index is 0.0300. The van der Waals surface area contributed by atoms with E-state index in [9.17, 15) is 13.5 Å². The molecule has 0 spiro atoms. The van der Waals surface area contributed by atoms with Crippen LogP contribution in [0.25, 0.3) is 0 Å². The standard InChI is InChI=1S/C12H25NO4S/c1-11(2)17-8-9-18(15,16)13(3)10-12(14)6-4-5-7-12/h11,14H,4-10H2,1-3H3. The molecular weight excluding hydrogens is 254 g/mol. The quantitative estimate of drug-likeness (QED) is 0.754. The van der Waals surface area contributed by atoms with Gasteiger partial charge in [0.1, 0.15) is 0 Å². The van der Waals surface area contributed by atoms with Crippen molar-refractivity contribution in [1.82, 2.24) is 4.31 Å². The Balaban J connectivity index is 2.46. The van der Waals surface area contributed by atoms with Gasteiger partial charge in [-0.05, 0) is 26.7 Å². The molecule has 0 amide bonds. The van der Waals surface area contributed by atoms with Crippen molar-refractivity contribution >= 4 is 10.0 Å². The van der Waals surface area contributed by atoms with Gasteiger partial charge in [0, 0.05) is 13.6 Å². The zero-order chi connectivity index (χ0) is 13.8. The summed E-state index contributed by atoms with van der Waals surface area (Å²) in [5, 5.41) is 10.2. The van der Waals surface area contributed by atoms with E-state index in [1.165, 1.54) is 11.4 Å². The molecule has 0 unspecified atom stereocenters. The van der Waals surface area contributed by atoms with Crippen molar-refractivity contribution in [2.45, 2.75) is 51.2 Å². The number of ether oxygens (including phenoxy) is 1. The summed E-state index contributed by atoms with van der Waals surface area (Å²) >= 11 is 0. The number of likely N-dealkylation sites (N-methyl/N-ethyl adjacent to an activating group) is 1. The lowest BCUT2D eigenvalue weighted by Gasteiger charge is -2.28. The third kappa shape index (κ3) is 4.84. The molecule has 18 heavy (non-hydrogen) atoms. The number of hydrogen-bond acceptors (Lipinski definition) is 4. The van der Waals surface area contributed by atoms with Crippen LogP contribution in [0.3, 0.4) is 0 Å². The largest absolute Gasteiger partial charge is 0.389 e. The predicted molar refractivity (Wildman–Crippen MR) is 70.9 cm³/mol. The van der Waals surface area contributed by atoms with E-state index in [4.69, 9.17) is 4.74 Å². The molecular formula is C12H25NO4S. The van der Waals surface area contributed by atoms with Crippen molar-refractivity contribution in [1.29, 1.82) is 0 Å². The minimum atomic E-state index is -3.33. The molecule has 0 atom stereocenters. The van der Waals surface area contributed by atoms with Crippen LogP contribution in [0.2, 0.25) is 0 Å². The van der Waals surface area contributed by atoms with Gasteiger partial charge in [-0.15, -0.1) is 0 Å². The van der Waals surface area contributed by atoms with Crippen LogP contribution in [0.5, 0.6) is 0 Å². The Morgan fingerprint density at radius 2 is 1.89 bits per heavy atom. The Labute approximate surface area is 110 Å². The zero-order valence-electron chi connectivity index (χ0n) is 11.6. The summed E-state index contributed by atoms with van der Waals surface area (Å²) in [6.07, 6.45) is 3.36. The lowest BCUT2D eigenvalue weighted by molar-refractivity contribution is 0.0329. The lowest BCUT2D eigenvalue weighted by atomic mass is 10.0. The summed E-state index contributed by atoms with van der Waals surface area (Å²) in [4.78, 5) is 0. The summed E-state index contributed by atoms with van der Waals surface area (Å²) < 4.78 is 30.5. The fourth-order valence-electron chi connectivity index (χ4n) is 2.25. The van der Waals surface area contributed by atoms with Crippen molar-refractivity contribution in [3.63, 3.8) is 0 Å². The lowest BCUT2D eigenvalue weighted by Crippen LogP contribution is -2.43. The molecule has 1 aliphatic carbocycles. The Hall–Kier alpha value is -0.170. The smallest absolute Gasteiger partial charge is 0.216 e. The molecule has 0 bridgehead atoms. The highest BCUT2D eigenvalue weighted by atomic mass is 32.2. The van der Waals surface area contributed by atoms with Crippen molar-refractivity contribution in [3.8, 4) is 0 Å². The van der Waals surface area contributed by atoms with Gasteiger partial charge < -0.3 is 9.84 Å². The molecule has 0 heterocycles. The monoisotopic (exact) mass is 279 g/mol. The van der Waals surface area contributed by atoms with Crippen molar-refractivity contribution in [2.24, 2.45) is 0 Å². The summed E-state index contributed by atoms with van der Waals surface area (Å²) in [5.74, 6) is -0.0300. The van der Waals surface area contributed by atoms with E-state index in [2.05, 4.69) is 0 Å². The first kappa shape index (κ1) is 15.9. The van der Waals surface area contributed by atoms with Gasteiger partial charge in [0.05, 0.1) is 24.1 Å². The second kappa shape index (κ2) is 6.32. The average Bonchev–Trinajstić information content (AvgIpc) is 2.63. The first-order valence-electron chi connectivity index (χ1n) is 6.53. The maximum Gasteiger partial charge on any atom is 0.216 e. The normalized spacial score (nSPS) is 19.9. The minimum Gasteiger partial charge on any atom is -0.389 e. The number of sulfonamides is 1. The Bertz CT molecular complexity index is 347. The summed E-state index contributed by atoms with van der Waals surface area (Å²) in [6.45, 7) is 4.13. The molecule has 0 aromatic heterocycles. The van der Waals surface area contributed by atoms with E-state index in [1.54, 1.807) is 0 Å². The third-order valence-electron chi connectivity index (χ3n) is 3.32. The highest BCUT2D eigenvalue weighted by Gasteiger charge is 2.35. The van der Waals surface area contributed by atoms with Crippen molar-refractivity contribution < 1.29 is 18.3 Å². The SMILES string of the molecule is CC(C)OCCS(=O)(=O)N(C)CC1(O)CCCC1. The molecule has 1 aliphatic rings. The van der Waals surface area contributed by atoms with Crippen molar-refractivity contribution in [2.75, 3.05) is 26.0 Å². The Kier molecular flexibility index (Phi) is 5.58. The van der Waals surface area contributed by atoms with Crippen LogP contribution in [-0.4, -0.2) is 55.5 Å². The van der Waals surface area contributed by atoms with Crippen LogP contribution in [0.1, 0.15) is 39.5 Å². The van der Waals surface area contributed by atoms with Crippen LogP contribution in [-0.2, 0) is 14.8 Å². The van der Waals surface area contributed by atoms with Crippen LogP contribution in [0, 0.1) is 0 Å². The summed E-state index contributed by atoms with van der Waals surface area (Å²) in [5.41, 5.74) is -0.833. The molecule has 0 saturated heterocycles. The second-order valence-corrected chi connectivity index (χ2v) is 7.62. The van der Waals surface area contributed by atoms with Crippen LogP contribution in [0.4, 0.5) is 0 Å². The molecule has 0 aliphatic heterocycles. The zero-order valence-corrected chi connectivity index (χ0v) is 12.4. The Morgan fingerprint density at radius 3 is 2.39 bits per heavy atom. The molecule has 1 fully saturated rings. The highest BCUT2D eigenvalue weighted by molar-refractivity contribution is 7.89. The van der Waals surface area contributed by atoms with E-state index in [1.807, 2.05) is 13.8 Å². The average molecular weight is 279 g/mol. The highest BCUT2D eigenvalue weighted by Crippen LogP contribution is 2.30. The molecule has 5 nitrogen and oxygen atoms in total. The predicted octanol–water partition coefficient (Wildman–Crippen LogP) is 0.978. The molecule has 1 saturated carbocycles. The van der Waals surface area contributed by atoms with Crippen LogP contribution in [0.15, 0.2) is 0 Å². The van der Waals surface area contributed by atoms with Crippen molar-refractivity contribution in [3.05, 3.63) is 0 Å². The van der Waals surface area contributed by atoms with Gasteiger partial charge in [-0.25, -0.2) is 12.7 Å². The van der Waals surface area contributed by atoms with Gasteiger partial charge in [-0.2, -0.15) is 0 Å². The van der Waals surface area contributed by atoms with E-state index in [0.29, 0.717) is 12.8 Å². The van der Waals surface area contributed by atoms with Gasteiger partial charge in [-0.3, -0.25) is 0 Å². The van der Waals surface area contributed by atoms with Gasteiger partial charge >= 0.3 is 0 Å². The first-order chi connectivity index (χ1) is 8.25. The fraction of sp³-hybridized carbons (Fsp3) is 1.00. The Morgan fingerprint density at radius 1 is 1.33 bits per heavy atom. The van der Waals surface area contributed by atoms with Gasteiger partial charge in [0.15, 0.2) is 0 Å². The summed E-state index contributed by atoms with van der Waals surface area (Å²) in [7, 11) is -1.80. The van der Waals surface area contributed by atoms with Crippen LogP contribution < -0.4 is 0 Å².